The predicted octanol–water partition coefficient (Wildman–Crippen LogP) is 3.79. The lowest BCUT2D eigenvalue weighted by Gasteiger charge is -2.08. The highest BCUT2D eigenvalue weighted by Gasteiger charge is 2.11. The molecule has 0 saturated heterocycles. The minimum atomic E-state index is 0.0749. The molecule has 0 fully saturated rings. The number of phenolic OH excluding ortho intramolecular Hbond substituents is 1. The highest BCUT2D eigenvalue weighted by molar-refractivity contribution is 7.71. The molecule has 2 N–H and O–H groups in total. The molecule has 6 heteroatoms. The Kier molecular flexibility index (Phi) is 5.52. The average Bonchev–Trinajstić information content (AvgIpc) is 2.72. The molecule has 0 radical (unpaired) electrons. The van der Waals surface area contributed by atoms with Gasteiger partial charge in [0, 0.05) is 13.1 Å². The van der Waals surface area contributed by atoms with Crippen molar-refractivity contribution in [3.8, 4) is 22.9 Å². The first-order chi connectivity index (χ1) is 9.49. The maximum absolute atomic E-state index is 9.98. The third-order valence-electron chi connectivity index (χ3n) is 2.38. The second-order valence-corrected chi connectivity index (χ2v) is 4.28. The van der Waals surface area contributed by atoms with Crippen LogP contribution in [0.5, 0.6) is 11.5 Å². The number of rotatable bonds is 3. The van der Waals surface area contributed by atoms with E-state index in [0.717, 1.165) is 0 Å². The quantitative estimate of drug-likeness (QED) is 0.667. The van der Waals surface area contributed by atoms with Crippen LogP contribution in [0.25, 0.3) is 11.4 Å². The Morgan fingerprint density at radius 2 is 2.10 bits per heavy atom. The van der Waals surface area contributed by atoms with E-state index in [-0.39, 0.29) is 5.75 Å². The second kappa shape index (κ2) is 6.91. The summed E-state index contributed by atoms with van der Waals surface area (Å²) in [6.45, 7) is 9.38. The maximum atomic E-state index is 9.98. The molecule has 0 bridgehead atoms. The summed E-state index contributed by atoms with van der Waals surface area (Å²) in [6.07, 6.45) is 0. The van der Waals surface area contributed by atoms with E-state index >= 15 is 0 Å². The van der Waals surface area contributed by atoms with Crippen LogP contribution >= 0.6 is 12.2 Å². The van der Waals surface area contributed by atoms with Crippen LogP contribution in [-0.4, -0.2) is 19.9 Å². The van der Waals surface area contributed by atoms with Crippen molar-refractivity contribution >= 4 is 12.2 Å². The first kappa shape index (κ1) is 16.0. The van der Waals surface area contributed by atoms with Crippen LogP contribution in [0, 0.1) is 4.77 Å². The van der Waals surface area contributed by atoms with E-state index in [1.807, 2.05) is 13.8 Å². The number of hydrogen-bond acceptors (Lipinski definition) is 4. The third kappa shape index (κ3) is 3.48. The first-order valence-corrected chi connectivity index (χ1v) is 6.68. The number of ether oxygens (including phenoxy) is 1. The minimum Gasteiger partial charge on any atom is -0.507 e. The molecule has 2 aromatic rings. The van der Waals surface area contributed by atoms with Gasteiger partial charge in [-0.25, -0.2) is 0 Å². The molecule has 20 heavy (non-hydrogen) atoms. The molecule has 2 rings (SSSR count). The van der Waals surface area contributed by atoms with E-state index in [4.69, 9.17) is 17.0 Å². The van der Waals surface area contributed by atoms with Crippen LogP contribution in [0.2, 0.25) is 0 Å². The summed E-state index contributed by atoms with van der Waals surface area (Å²) in [7, 11) is 1.78. The highest BCUT2D eigenvalue weighted by atomic mass is 32.1. The molecule has 1 aromatic heterocycles. The topological polar surface area (TPSA) is 63.1 Å². The number of nitrogens with zero attached hydrogens (tertiary/aromatic N) is 2. The van der Waals surface area contributed by atoms with Crippen molar-refractivity contribution in [1.82, 2.24) is 14.8 Å². The van der Waals surface area contributed by atoms with E-state index in [1.165, 1.54) is 6.07 Å². The minimum absolute atomic E-state index is 0.0749. The molecule has 5 nitrogen and oxygen atoms in total. The molecular formula is C14H19N3O2S. The van der Waals surface area contributed by atoms with Crippen molar-refractivity contribution in [2.45, 2.75) is 20.8 Å². The molecule has 1 aromatic carbocycles. The number of nitrogens with one attached hydrogen (secondary N) is 1. The number of phenols is 1. The van der Waals surface area contributed by atoms with Crippen molar-refractivity contribution < 1.29 is 9.84 Å². The number of aromatic amines is 1. The maximum Gasteiger partial charge on any atom is 0.195 e. The molecular weight excluding hydrogens is 274 g/mol. The number of aromatic hydroxyl groups is 1. The smallest absolute Gasteiger partial charge is 0.195 e. The van der Waals surface area contributed by atoms with Gasteiger partial charge in [-0.05, 0) is 31.3 Å². The third-order valence-corrected chi connectivity index (χ3v) is 2.75. The monoisotopic (exact) mass is 293 g/mol. The van der Waals surface area contributed by atoms with Crippen LogP contribution in [0.1, 0.15) is 20.8 Å². The number of hydrogen-bond donors (Lipinski definition) is 2. The van der Waals surface area contributed by atoms with Gasteiger partial charge in [0.15, 0.2) is 10.6 Å². The van der Waals surface area contributed by atoms with Crippen molar-refractivity contribution in [2.24, 2.45) is 7.05 Å². The first-order valence-electron chi connectivity index (χ1n) is 6.27. The lowest BCUT2D eigenvalue weighted by atomic mass is 10.2. The number of H-pyrrole nitrogens is 1. The summed E-state index contributed by atoms with van der Waals surface area (Å²) in [5.41, 5.74) is 0.582. The summed E-state index contributed by atoms with van der Waals surface area (Å²) in [4.78, 5) is 0. The van der Waals surface area contributed by atoms with E-state index < -0.39 is 0 Å². The fourth-order valence-corrected chi connectivity index (χ4v) is 1.69. The van der Waals surface area contributed by atoms with Crippen molar-refractivity contribution in [1.29, 1.82) is 0 Å². The zero-order valence-corrected chi connectivity index (χ0v) is 12.9. The predicted molar refractivity (Wildman–Crippen MR) is 82.3 cm³/mol. The lowest BCUT2D eigenvalue weighted by Crippen LogP contribution is -1.94. The summed E-state index contributed by atoms with van der Waals surface area (Å²) in [5, 5.41) is 16.7. The van der Waals surface area contributed by atoms with Crippen LogP contribution < -0.4 is 4.74 Å². The van der Waals surface area contributed by atoms with Gasteiger partial charge in [-0.2, -0.15) is 5.10 Å². The van der Waals surface area contributed by atoms with E-state index in [0.29, 0.717) is 27.7 Å². The van der Waals surface area contributed by atoms with Gasteiger partial charge >= 0.3 is 0 Å². The van der Waals surface area contributed by atoms with Crippen LogP contribution in [0.15, 0.2) is 30.5 Å². The van der Waals surface area contributed by atoms with E-state index in [9.17, 15) is 5.11 Å². The molecule has 0 aliphatic rings. The number of benzene rings is 1. The van der Waals surface area contributed by atoms with Crippen LogP contribution in [0.4, 0.5) is 0 Å². The average molecular weight is 293 g/mol. The van der Waals surface area contributed by atoms with Crippen molar-refractivity contribution in [3.63, 3.8) is 0 Å². The number of allylic oxidation sites excluding steroid dienone is 1. The largest absolute Gasteiger partial charge is 0.507 e. The molecule has 0 atom stereocenters. The fraction of sp³-hybridized carbons (Fsp3) is 0.286. The van der Waals surface area contributed by atoms with Gasteiger partial charge in [0.25, 0.3) is 0 Å². The van der Waals surface area contributed by atoms with E-state index in [2.05, 4.69) is 16.8 Å². The Balaban J connectivity index is 0.000000956. The van der Waals surface area contributed by atoms with Crippen LogP contribution in [0.3, 0.4) is 0 Å². The summed E-state index contributed by atoms with van der Waals surface area (Å²) in [5.74, 6) is 1.73. The normalized spacial score (nSPS) is 9.60. The molecule has 0 aliphatic carbocycles. The zero-order valence-electron chi connectivity index (χ0n) is 12.1. The van der Waals surface area contributed by atoms with Crippen LogP contribution in [-0.2, 0) is 7.05 Å². The SMILES string of the molecule is C=C(C)Oc1ccc(-c2n[nH]c(=S)n2C)c(O)c1.CC. The molecule has 0 unspecified atom stereocenters. The Labute approximate surface area is 123 Å². The second-order valence-electron chi connectivity index (χ2n) is 3.89. The molecule has 0 aliphatic heterocycles. The van der Waals surface area contributed by atoms with E-state index in [1.54, 1.807) is 30.7 Å². The van der Waals surface area contributed by atoms with Crippen molar-refractivity contribution in [3.05, 3.63) is 35.3 Å². The zero-order chi connectivity index (χ0) is 15.3. The van der Waals surface area contributed by atoms with Gasteiger partial charge in [0.05, 0.1) is 11.3 Å². The summed E-state index contributed by atoms with van der Waals surface area (Å²) < 4.78 is 7.49. The molecule has 0 amide bonds. The lowest BCUT2D eigenvalue weighted by molar-refractivity contribution is 0.422. The summed E-state index contributed by atoms with van der Waals surface area (Å²) in [6, 6.07) is 4.97. The number of aromatic nitrogens is 3. The highest BCUT2D eigenvalue weighted by Crippen LogP contribution is 2.31. The van der Waals surface area contributed by atoms with Gasteiger partial charge in [-0.15, -0.1) is 0 Å². The molecule has 0 saturated carbocycles. The fourth-order valence-electron chi connectivity index (χ4n) is 1.55. The van der Waals surface area contributed by atoms with Gasteiger partial charge in [0.2, 0.25) is 0 Å². The Morgan fingerprint density at radius 3 is 2.55 bits per heavy atom. The van der Waals surface area contributed by atoms with Gasteiger partial charge in [0.1, 0.15) is 11.5 Å². The van der Waals surface area contributed by atoms with Crippen molar-refractivity contribution in [2.75, 3.05) is 0 Å². The van der Waals surface area contributed by atoms with Gasteiger partial charge in [-0.3, -0.25) is 5.10 Å². The Hall–Kier alpha value is -2.08. The molecule has 108 valence electrons. The standard InChI is InChI=1S/C12H13N3O2S.C2H6/c1-7(2)17-8-4-5-9(10(16)6-8)11-13-14-12(18)15(11)3;1-2/h4-6,16H,1H2,2-3H3,(H,14,18);1-2H3. The Bertz CT molecular complexity index is 659. The molecule has 1 heterocycles. The molecule has 0 spiro atoms. The van der Waals surface area contributed by atoms with Gasteiger partial charge in [-0.1, -0.05) is 20.4 Å². The Morgan fingerprint density at radius 1 is 1.45 bits per heavy atom. The summed E-state index contributed by atoms with van der Waals surface area (Å²) >= 11 is 5.03. The van der Waals surface area contributed by atoms with Gasteiger partial charge < -0.3 is 14.4 Å².